The SMILES string of the molecule is O=C(CCc1ccccc1)Nc1cc(-c2cccs2)no1. The van der Waals surface area contributed by atoms with Crippen molar-refractivity contribution in [3.63, 3.8) is 0 Å². The molecule has 2 aromatic heterocycles. The third-order valence-corrected chi connectivity index (χ3v) is 3.92. The van der Waals surface area contributed by atoms with Gasteiger partial charge in [-0.3, -0.25) is 10.1 Å². The Labute approximate surface area is 126 Å². The number of rotatable bonds is 5. The molecule has 4 nitrogen and oxygen atoms in total. The summed E-state index contributed by atoms with van der Waals surface area (Å²) in [7, 11) is 0. The summed E-state index contributed by atoms with van der Waals surface area (Å²) in [6.07, 6.45) is 1.12. The summed E-state index contributed by atoms with van der Waals surface area (Å²) in [5.74, 6) is 0.309. The second kappa shape index (κ2) is 6.37. The fourth-order valence-corrected chi connectivity index (χ4v) is 2.65. The monoisotopic (exact) mass is 298 g/mol. The Morgan fingerprint density at radius 2 is 2.05 bits per heavy atom. The van der Waals surface area contributed by atoms with Crippen LogP contribution in [0.5, 0.6) is 0 Å². The molecule has 0 aliphatic heterocycles. The number of thiophene rings is 1. The van der Waals surface area contributed by atoms with Gasteiger partial charge in [-0.05, 0) is 23.4 Å². The molecule has 0 bridgehead atoms. The second-order valence-electron chi connectivity index (χ2n) is 4.59. The number of anilines is 1. The lowest BCUT2D eigenvalue weighted by molar-refractivity contribution is -0.116. The number of aryl methyl sites for hydroxylation is 1. The van der Waals surface area contributed by atoms with E-state index in [9.17, 15) is 4.79 Å². The van der Waals surface area contributed by atoms with E-state index in [1.54, 1.807) is 17.4 Å². The van der Waals surface area contributed by atoms with Crippen molar-refractivity contribution < 1.29 is 9.32 Å². The quantitative estimate of drug-likeness (QED) is 0.775. The Morgan fingerprint density at radius 3 is 2.81 bits per heavy atom. The number of nitrogens with one attached hydrogen (secondary N) is 1. The number of nitrogens with zero attached hydrogens (tertiary/aromatic N) is 1. The lowest BCUT2D eigenvalue weighted by atomic mass is 10.1. The topological polar surface area (TPSA) is 55.1 Å². The molecule has 0 unspecified atom stereocenters. The molecule has 21 heavy (non-hydrogen) atoms. The van der Waals surface area contributed by atoms with Crippen LogP contribution in [0.2, 0.25) is 0 Å². The zero-order valence-corrected chi connectivity index (χ0v) is 12.1. The number of benzene rings is 1. The first-order valence-corrected chi connectivity index (χ1v) is 7.53. The highest BCUT2D eigenvalue weighted by atomic mass is 32.1. The summed E-state index contributed by atoms with van der Waals surface area (Å²) in [6, 6.07) is 15.6. The van der Waals surface area contributed by atoms with Crippen molar-refractivity contribution in [3.05, 3.63) is 59.5 Å². The van der Waals surface area contributed by atoms with Crippen LogP contribution in [0.25, 0.3) is 10.6 Å². The summed E-state index contributed by atoms with van der Waals surface area (Å²) >= 11 is 1.58. The third kappa shape index (κ3) is 3.58. The van der Waals surface area contributed by atoms with Crippen molar-refractivity contribution in [3.8, 4) is 10.6 Å². The molecule has 3 rings (SSSR count). The second-order valence-corrected chi connectivity index (χ2v) is 5.54. The van der Waals surface area contributed by atoms with E-state index in [-0.39, 0.29) is 5.91 Å². The number of hydrogen-bond donors (Lipinski definition) is 1. The highest BCUT2D eigenvalue weighted by molar-refractivity contribution is 7.13. The van der Waals surface area contributed by atoms with Crippen molar-refractivity contribution in [2.75, 3.05) is 5.32 Å². The van der Waals surface area contributed by atoms with Crippen LogP contribution >= 0.6 is 11.3 Å². The van der Waals surface area contributed by atoms with E-state index < -0.39 is 0 Å². The summed E-state index contributed by atoms with van der Waals surface area (Å²) in [5, 5.41) is 8.66. The van der Waals surface area contributed by atoms with Gasteiger partial charge in [0.15, 0.2) is 0 Å². The molecule has 0 aliphatic rings. The first kappa shape index (κ1) is 13.6. The number of carbonyl (C=O) groups is 1. The van der Waals surface area contributed by atoms with Crippen LogP contribution in [0.4, 0.5) is 5.88 Å². The Balaban J connectivity index is 1.55. The summed E-state index contributed by atoms with van der Waals surface area (Å²) in [4.78, 5) is 12.9. The normalized spacial score (nSPS) is 10.5. The smallest absolute Gasteiger partial charge is 0.231 e. The predicted molar refractivity (Wildman–Crippen MR) is 83.2 cm³/mol. The van der Waals surface area contributed by atoms with Crippen molar-refractivity contribution in [2.45, 2.75) is 12.8 Å². The lowest BCUT2D eigenvalue weighted by Gasteiger charge is -2.01. The maximum absolute atomic E-state index is 11.9. The number of amides is 1. The first-order valence-electron chi connectivity index (χ1n) is 6.65. The minimum absolute atomic E-state index is 0.0762. The van der Waals surface area contributed by atoms with Crippen molar-refractivity contribution in [1.29, 1.82) is 0 Å². The van der Waals surface area contributed by atoms with Crippen molar-refractivity contribution >= 4 is 23.1 Å². The molecule has 0 fully saturated rings. The molecule has 0 aliphatic carbocycles. The summed E-state index contributed by atoms with van der Waals surface area (Å²) in [5.41, 5.74) is 1.88. The average molecular weight is 298 g/mol. The minimum atomic E-state index is -0.0762. The van der Waals surface area contributed by atoms with Gasteiger partial charge in [-0.1, -0.05) is 41.6 Å². The third-order valence-electron chi connectivity index (χ3n) is 3.03. The van der Waals surface area contributed by atoms with Crippen LogP contribution in [-0.2, 0) is 11.2 Å². The Kier molecular flexibility index (Phi) is 4.12. The molecule has 0 radical (unpaired) electrons. The van der Waals surface area contributed by atoms with E-state index in [1.165, 1.54) is 0 Å². The first-order chi connectivity index (χ1) is 10.3. The van der Waals surface area contributed by atoms with Crippen LogP contribution in [0.1, 0.15) is 12.0 Å². The molecule has 0 atom stereocenters. The van der Waals surface area contributed by atoms with Gasteiger partial charge in [0.1, 0.15) is 5.69 Å². The van der Waals surface area contributed by atoms with Gasteiger partial charge in [-0.2, -0.15) is 0 Å². The zero-order valence-electron chi connectivity index (χ0n) is 11.3. The standard InChI is InChI=1S/C16H14N2O2S/c19-15(9-8-12-5-2-1-3-6-12)17-16-11-13(18-20-16)14-7-4-10-21-14/h1-7,10-11H,8-9H2,(H,17,19). The average Bonchev–Trinajstić information content (AvgIpc) is 3.17. The lowest BCUT2D eigenvalue weighted by Crippen LogP contribution is -2.11. The Hall–Kier alpha value is -2.40. The number of hydrogen-bond acceptors (Lipinski definition) is 4. The van der Waals surface area contributed by atoms with E-state index in [4.69, 9.17) is 4.52 Å². The van der Waals surface area contributed by atoms with E-state index >= 15 is 0 Å². The van der Waals surface area contributed by atoms with E-state index in [1.807, 2.05) is 47.8 Å². The molecule has 3 aromatic rings. The molecule has 1 amide bonds. The van der Waals surface area contributed by atoms with Crippen LogP contribution in [0.15, 0.2) is 58.4 Å². The van der Waals surface area contributed by atoms with Crippen molar-refractivity contribution in [2.24, 2.45) is 0 Å². The summed E-state index contributed by atoms with van der Waals surface area (Å²) in [6.45, 7) is 0. The van der Waals surface area contributed by atoms with E-state index in [0.717, 1.165) is 16.1 Å². The number of aromatic nitrogens is 1. The predicted octanol–water partition coefficient (Wildman–Crippen LogP) is 3.97. The fourth-order valence-electron chi connectivity index (χ4n) is 1.98. The van der Waals surface area contributed by atoms with Crippen LogP contribution in [-0.4, -0.2) is 11.1 Å². The van der Waals surface area contributed by atoms with Gasteiger partial charge in [0.05, 0.1) is 4.88 Å². The molecule has 5 heteroatoms. The maximum Gasteiger partial charge on any atom is 0.231 e. The highest BCUT2D eigenvalue weighted by Crippen LogP contribution is 2.25. The molecule has 0 spiro atoms. The fraction of sp³-hybridized carbons (Fsp3) is 0.125. The van der Waals surface area contributed by atoms with Gasteiger partial charge in [-0.15, -0.1) is 11.3 Å². The summed E-state index contributed by atoms with van der Waals surface area (Å²) < 4.78 is 5.14. The zero-order chi connectivity index (χ0) is 14.5. The van der Waals surface area contributed by atoms with E-state index in [2.05, 4.69) is 10.5 Å². The molecule has 106 valence electrons. The Morgan fingerprint density at radius 1 is 1.19 bits per heavy atom. The molecular formula is C16H14N2O2S. The van der Waals surface area contributed by atoms with E-state index in [0.29, 0.717) is 18.7 Å². The molecular weight excluding hydrogens is 284 g/mol. The molecule has 1 aromatic carbocycles. The van der Waals surface area contributed by atoms with Gasteiger partial charge in [0, 0.05) is 12.5 Å². The van der Waals surface area contributed by atoms with Gasteiger partial charge in [0.2, 0.25) is 11.8 Å². The Bertz CT molecular complexity index is 705. The number of carbonyl (C=O) groups excluding carboxylic acids is 1. The van der Waals surface area contributed by atoms with Crippen LogP contribution < -0.4 is 5.32 Å². The van der Waals surface area contributed by atoms with Crippen LogP contribution in [0.3, 0.4) is 0 Å². The van der Waals surface area contributed by atoms with Gasteiger partial charge in [-0.25, -0.2) is 0 Å². The van der Waals surface area contributed by atoms with Gasteiger partial charge in [0.25, 0.3) is 0 Å². The van der Waals surface area contributed by atoms with Gasteiger partial charge < -0.3 is 4.52 Å². The molecule has 2 heterocycles. The van der Waals surface area contributed by atoms with Crippen molar-refractivity contribution in [1.82, 2.24) is 5.16 Å². The van der Waals surface area contributed by atoms with Gasteiger partial charge >= 0.3 is 0 Å². The molecule has 0 saturated carbocycles. The molecule has 0 saturated heterocycles. The largest absolute Gasteiger partial charge is 0.338 e. The minimum Gasteiger partial charge on any atom is -0.338 e. The highest BCUT2D eigenvalue weighted by Gasteiger charge is 2.10. The molecule has 1 N–H and O–H groups in total. The maximum atomic E-state index is 11.9. The van der Waals surface area contributed by atoms with Crippen LogP contribution in [0, 0.1) is 0 Å².